The summed E-state index contributed by atoms with van der Waals surface area (Å²) in [6.07, 6.45) is 3.18. The summed E-state index contributed by atoms with van der Waals surface area (Å²) in [6, 6.07) is 28.1. The van der Waals surface area contributed by atoms with E-state index in [2.05, 4.69) is 29.2 Å². The molecule has 3 N–H and O–H groups in total. The van der Waals surface area contributed by atoms with Crippen molar-refractivity contribution in [2.45, 2.75) is 44.8 Å². The van der Waals surface area contributed by atoms with Crippen LogP contribution in [0.15, 0.2) is 84.9 Å². The normalized spacial score (nSPS) is 13.7. The van der Waals surface area contributed by atoms with Crippen molar-refractivity contribution in [1.82, 2.24) is 14.8 Å². The van der Waals surface area contributed by atoms with Crippen molar-refractivity contribution in [1.29, 1.82) is 0 Å². The summed E-state index contributed by atoms with van der Waals surface area (Å²) in [5.41, 5.74) is 5.61. The van der Waals surface area contributed by atoms with Crippen LogP contribution >= 0.6 is 0 Å². The van der Waals surface area contributed by atoms with E-state index in [4.69, 9.17) is 19.3 Å². The Labute approximate surface area is 278 Å². The van der Waals surface area contributed by atoms with E-state index in [1.54, 1.807) is 11.7 Å². The van der Waals surface area contributed by atoms with Gasteiger partial charge in [0.25, 0.3) is 0 Å². The largest absolute Gasteiger partial charge is 0.493 e. The van der Waals surface area contributed by atoms with E-state index in [1.807, 2.05) is 60.7 Å². The summed E-state index contributed by atoms with van der Waals surface area (Å²) in [7, 11) is 1.79. The minimum absolute atomic E-state index is 0.152. The van der Waals surface area contributed by atoms with Crippen LogP contribution in [0.1, 0.15) is 58.2 Å². The molecule has 0 unspecified atom stereocenters. The van der Waals surface area contributed by atoms with Crippen LogP contribution in [-0.4, -0.2) is 50.8 Å². The van der Waals surface area contributed by atoms with Gasteiger partial charge in [-0.25, -0.2) is 4.79 Å². The first kappa shape index (κ1) is 31.5. The van der Waals surface area contributed by atoms with Crippen LogP contribution in [0.2, 0.25) is 0 Å². The van der Waals surface area contributed by atoms with Crippen LogP contribution in [-0.2, 0) is 31.4 Å². The molecule has 0 radical (unpaired) electrons. The molecule has 1 aliphatic rings. The third kappa shape index (κ3) is 6.26. The van der Waals surface area contributed by atoms with Crippen LogP contribution in [0.3, 0.4) is 0 Å². The van der Waals surface area contributed by atoms with Crippen molar-refractivity contribution in [2.24, 2.45) is 7.05 Å². The third-order valence-corrected chi connectivity index (χ3v) is 9.34. The number of carbonyl (C=O) groups is 1. The molecule has 7 rings (SSSR count). The molecule has 4 aromatic carbocycles. The predicted molar refractivity (Wildman–Crippen MR) is 185 cm³/mol. The molecule has 0 aliphatic carbocycles. The molecule has 0 amide bonds. The number of ether oxygens (including phenoxy) is 3. The van der Waals surface area contributed by atoms with Crippen LogP contribution in [0.4, 0.5) is 0 Å². The lowest BCUT2D eigenvalue weighted by atomic mass is 9.92. The number of rotatable bonds is 12. The predicted octanol–water partition coefficient (Wildman–Crippen LogP) is 7.40. The van der Waals surface area contributed by atoms with Crippen LogP contribution in [0.5, 0.6) is 11.5 Å². The van der Waals surface area contributed by atoms with Crippen LogP contribution < -0.4 is 9.47 Å². The molecule has 0 bridgehead atoms. The van der Waals surface area contributed by atoms with Crippen molar-refractivity contribution >= 4 is 27.6 Å². The van der Waals surface area contributed by atoms with Gasteiger partial charge < -0.3 is 29.4 Å². The maximum absolute atomic E-state index is 12.5. The van der Waals surface area contributed by atoms with E-state index in [0.717, 1.165) is 70.4 Å². The summed E-state index contributed by atoms with van der Waals surface area (Å²) >= 11 is 0. The average Bonchev–Trinajstić information content (AvgIpc) is 3.66. The van der Waals surface area contributed by atoms with Crippen LogP contribution in [0.25, 0.3) is 32.8 Å². The highest BCUT2D eigenvalue weighted by Crippen LogP contribution is 2.37. The Hall–Kier alpha value is -5.12. The topological polar surface area (TPSA) is 119 Å². The molecule has 0 saturated carbocycles. The van der Waals surface area contributed by atoms with Gasteiger partial charge in [0.15, 0.2) is 0 Å². The number of carboxylic acids is 1. The Balaban J connectivity index is 1.13. The first-order chi connectivity index (χ1) is 23.5. The monoisotopic (exact) mass is 645 g/mol. The Kier molecular flexibility index (Phi) is 9.14. The van der Waals surface area contributed by atoms with Crippen molar-refractivity contribution in [3.05, 3.63) is 113 Å². The number of H-pyrrole nitrogens is 1. The van der Waals surface area contributed by atoms with Gasteiger partial charge >= 0.3 is 5.97 Å². The first-order valence-corrected chi connectivity index (χ1v) is 16.5. The molecule has 2 aromatic heterocycles. The fourth-order valence-electron chi connectivity index (χ4n) is 6.91. The van der Waals surface area contributed by atoms with Crippen molar-refractivity contribution in [3.8, 4) is 22.6 Å². The molecular formula is C39H39N3O6. The highest BCUT2D eigenvalue weighted by atomic mass is 16.5. The molecule has 1 saturated heterocycles. The van der Waals surface area contributed by atoms with E-state index in [1.165, 1.54) is 5.56 Å². The lowest BCUT2D eigenvalue weighted by molar-refractivity contribution is 0.0690. The zero-order valence-corrected chi connectivity index (χ0v) is 26.9. The fourth-order valence-corrected chi connectivity index (χ4v) is 6.91. The van der Waals surface area contributed by atoms with E-state index in [9.17, 15) is 15.0 Å². The van der Waals surface area contributed by atoms with Crippen molar-refractivity contribution < 1.29 is 29.2 Å². The SMILES string of the molecule is Cn1nc(COc2ccc(C3CCOCC3)cc2)c(-c2cccc3c(CCCOc4cccc5ccccc45)c(C(=O)O)[nH]c23)c1CO. The van der Waals surface area contributed by atoms with Gasteiger partial charge in [-0.15, -0.1) is 0 Å². The van der Waals surface area contributed by atoms with Gasteiger partial charge in [-0.1, -0.05) is 66.7 Å². The van der Waals surface area contributed by atoms with E-state index >= 15 is 0 Å². The number of hydrogen-bond acceptors (Lipinski definition) is 6. The second kappa shape index (κ2) is 13.9. The molecular weight excluding hydrogens is 606 g/mol. The number of aryl methyl sites for hydroxylation is 2. The number of nitrogens with one attached hydrogen (secondary N) is 1. The van der Waals surface area contributed by atoms with Gasteiger partial charge in [-0.05, 0) is 66.3 Å². The maximum atomic E-state index is 12.5. The summed E-state index contributed by atoms with van der Waals surface area (Å²) < 4.78 is 19.5. The second-order valence-corrected chi connectivity index (χ2v) is 12.2. The third-order valence-electron chi connectivity index (χ3n) is 9.34. The highest BCUT2D eigenvalue weighted by Gasteiger charge is 2.24. The van der Waals surface area contributed by atoms with Gasteiger partial charge in [0.05, 0.1) is 24.4 Å². The van der Waals surface area contributed by atoms with Crippen molar-refractivity contribution in [2.75, 3.05) is 19.8 Å². The number of hydrogen-bond donors (Lipinski definition) is 3. The quantitative estimate of drug-likeness (QED) is 0.119. The van der Waals surface area contributed by atoms with Crippen LogP contribution in [0, 0.1) is 0 Å². The molecule has 9 heteroatoms. The second-order valence-electron chi connectivity index (χ2n) is 12.2. The minimum atomic E-state index is -1.02. The lowest BCUT2D eigenvalue weighted by Gasteiger charge is -2.22. The van der Waals surface area contributed by atoms with E-state index in [0.29, 0.717) is 42.3 Å². The molecule has 1 aliphatic heterocycles. The number of aliphatic hydroxyl groups is 1. The Bertz CT molecular complexity index is 2050. The fraction of sp³-hybridized carbons (Fsp3) is 0.282. The van der Waals surface area contributed by atoms with Gasteiger partial charge in [-0.3, -0.25) is 4.68 Å². The standard InChI is InChI=1S/C39H39N3O6/c1-42-34(23-43)36(33(41-42)24-48-28-16-14-25(15-17-28)26-18-21-46-22-19-26)32-11-5-10-30-31(38(39(44)45)40-37(30)32)12-6-20-47-35-13-4-8-27-7-2-3-9-29(27)35/h2-5,7-11,13-17,26,40,43H,6,12,18-24H2,1H3,(H,44,45). The molecule has 48 heavy (non-hydrogen) atoms. The van der Waals surface area contributed by atoms with Crippen molar-refractivity contribution in [3.63, 3.8) is 0 Å². The number of aromatic nitrogens is 3. The number of para-hydroxylation sites is 1. The number of benzene rings is 4. The van der Waals surface area contributed by atoms with Gasteiger partial charge in [0.1, 0.15) is 29.5 Å². The summed E-state index contributed by atoms with van der Waals surface area (Å²) in [5, 5.41) is 28.3. The smallest absolute Gasteiger partial charge is 0.352 e. The van der Waals surface area contributed by atoms with Gasteiger partial charge in [-0.2, -0.15) is 5.10 Å². The lowest BCUT2D eigenvalue weighted by Crippen LogP contribution is -2.13. The van der Waals surface area contributed by atoms with Gasteiger partial charge in [0, 0.05) is 42.2 Å². The Morgan fingerprint density at radius 3 is 2.50 bits per heavy atom. The molecule has 1 fully saturated rings. The zero-order chi connectivity index (χ0) is 33.0. The molecule has 246 valence electrons. The Morgan fingerprint density at radius 2 is 1.71 bits per heavy atom. The first-order valence-electron chi connectivity index (χ1n) is 16.5. The summed E-state index contributed by atoms with van der Waals surface area (Å²) in [6.45, 7) is 1.97. The summed E-state index contributed by atoms with van der Waals surface area (Å²) in [5.74, 6) is 1.02. The minimum Gasteiger partial charge on any atom is -0.493 e. The number of nitrogens with zero attached hydrogens (tertiary/aromatic N) is 2. The molecule has 9 nitrogen and oxygen atoms in total. The molecule has 3 heterocycles. The molecule has 0 atom stereocenters. The number of fused-ring (bicyclic) bond motifs is 2. The zero-order valence-electron chi connectivity index (χ0n) is 26.9. The Morgan fingerprint density at radius 1 is 0.958 bits per heavy atom. The molecule has 6 aromatic rings. The highest BCUT2D eigenvalue weighted by molar-refractivity contribution is 6.03. The number of aromatic carboxylic acids is 1. The number of carboxylic acid groups (broad SMARTS) is 1. The maximum Gasteiger partial charge on any atom is 0.352 e. The average molecular weight is 646 g/mol. The number of aliphatic hydroxyl groups excluding tert-OH is 1. The van der Waals surface area contributed by atoms with E-state index < -0.39 is 5.97 Å². The number of aromatic amines is 1. The van der Waals surface area contributed by atoms with Gasteiger partial charge in [0.2, 0.25) is 0 Å². The summed E-state index contributed by atoms with van der Waals surface area (Å²) in [4.78, 5) is 15.7. The molecule has 0 spiro atoms. The van der Waals surface area contributed by atoms with E-state index in [-0.39, 0.29) is 18.9 Å².